The molecule has 0 aliphatic carbocycles. The molecule has 0 aliphatic rings. The Morgan fingerprint density at radius 1 is 1.04 bits per heavy atom. The number of halogens is 1. The van der Waals surface area contributed by atoms with E-state index in [1.807, 2.05) is 0 Å². The molecule has 1 rings (SSSR count). The van der Waals surface area contributed by atoms with Gasteiger partial charge in [-0.1, -0.05) is 41.5 Å². The standard InChI is InChI=1S/C16H21FN2O6/c1-15(2,3)10-8(19(24)25)7-9(18(13(20)21)14(22)23)12(17)11(10)16(4,5)6/h7H,1-6H3,(H,20,21)(H,22,23). The van der Waals surface area contributed by atoms with Crippen molar-refractivity contribution in [2.45, 2.75) is 52.4 Å². The zero-order chi connectivity index (χ0) is 19.9. The number of imide groups is 1. The Hall–Kier alpha value is -2.71. The van der Waals surface area contributed by atoms with Crippen molar-refractivity contribution in [3.8, 4) is 0 Å². The molecule has 0 atom stereocenters. The predicted octanol–water partition coefficient (Wildman–Crippen LogP) is 4.49. The Morgan fingerprint density at radius 2 is 1.44 bits per heavy atom. The maximum atomic E-state index is 15.2. The first-order chi connectivity index (χ1) is 11.1. The Balaban J connectivity index is 4.13. The van der Waals surface area contributed by atoms with Crippen LogP contribution in [0.1, 0.15) is 52.7 Å². The highest BCUT2D eigenvalue weighted by molar-refractivity contribution is 6.08. The number of carboxylic acid groups (broad SMARTS) is 2. The summed E-state index contributed by atoms with van der Waals surface area (Å²) >= 11 is 0. The molecular weight excluding hydrogens is 335 g/mol. The first kappa shape index (κ1) is 20.3. The van der Waals surface area contributed by atoms with Gasteiger partial charge in [0, 0.05) is 17.2 Å². The molecule has 0 radical (unpaired) electrons. The lowest BCUT2D eigenvalue weighted by Crippen LogP contribution is -2.36. The van der Waals surface area contributed by atoms with E-state index in [2.05, 4.69) is 0 Å². The topological polar surface area (TPSA) is 121 Å². The van der Waals surface area contributed by atoms with Crippen molar-refractivity contribution in [1.29, 1.82) is 0 Å². The summed E-state index contributed by atoms with van der Waals surface area (Å²) in [4.78, 5) is 33.0. The van der Waals surface area contributed by atoms with Crippen molar-refractivity contribution in [3.63, 3.8) is 0 Å². The normalized spacial score (nSPS) is 12.0. The second-order valence-electron chi connectivity index (χ2n) is 7.64. The highest BCUT2D eigenvalue weighted by Crippen LogP contribution is 2.44. The summed E-state index contributed by atoms with van der Waals surface area (Å²) < 4.78 is 15.2. The predicted molar refractivity (Wildman–Crippen MR) is 89.0 cm³/mol. The van der Waals surface area contributed by atoms with Crippen molar-refractivity contribution in [1.82, 2.24) is 0 Å². The summed E-state index contributed by atoms with van der Waals surface area (Å²) in [7, 11) is 0. The van der Waals surface area contributed by atoms with Gasteiger partial charge in [0.2, 0.25) is 0 Å². The first-order valence-electron chi connectivity index (χ1n) is 7.38. The number of benzene rings is 1. The minimum absolute atomic E-state index is 0.0864. The molecule has 0 spiro atoms. The number of hydrogen-bond acceptors (Lipinski definition) is 4. The molecule has 2 amide bonds. The highest BCUT2D eigenvalue weighted by Gasteiger charge is 2.39. The van der Waals surface area contributed by atoms with Gasteiger partial charge in [-0.2, -0.15) is 4.90 Å². The van der Waals surface area contributed by atoms with E-state index in [4.69, 9.17) is 10.2 Å². The van der Waals surface area contributed by atoms with Gasteiger partial charge in [0.05, 0.1) is 4.92 Å². The van der Waals surface area contributed by atoms with E-state index < -0.39 is 45.1 Å². The molecule has 138 valence electrons. The second-order valence-corrected chi connectivity index (χ2v) is 7.64. The summed E-state index contributed by atoms with van der Waals surface area (Å²) in [6, 6.07) is 0.660. The second kappa shape index (κ2) is 6.30. The summed E-state index contributed by atoms with van der Waals surface area (Å²) in [5.74, 6) is -1.10. The molecule has 0 bridgehead atoms. The van der Waals surface area contributed by atoms with E-state index >= 15 is 4.39 Å². The monoisotopic (exact) mass is 356 g/mol. The van der Waals surface area contributed by atoms with Crippen molar-refractivity contribution in [2.75, 3.05) is 4.90 Å². The molecule has 0 unspecified atom stereocenters. The molecule has 1 aromatic rings. The third kappa shape index (κ3) is 3.86. The van der Waals surface area contributed by atoms with Gasteiger partial charge in [-0.25, -0.2) is 14.0 Å². The molecule has 0 saturated heterocycles. The van der Waals surface area contributed by atoms with Gasteiger partial charge < -0.3 is 10.2 Å². The first-order valence-corrected chi connectivity index (χ1v) is 7.38. The van der Waals surface area contributed by atoms with E-state index in [0.29, 0.717) is 6.07 Å². The van der Waals surface area contributed by atoms with Gasteiger partial charge >= 0.3 is 12.2 Å². The van der Waals surface area contributed by atoms with E-state index in [9.17, 15) is 19.7 Å². The van der Waals surface area contributed by atoms with Crippen LogP contribution in [0.3, 0.4) is 0 Å². The van der Waals surface area contributed by atoms with Gasteiger partial charge in [0.25, 0.3) is 5.69 Å². The van der Waals surface area contributed by atoms with Crippen LogP contribution >= 0.6 is 0 Å². The van der Waals surface area contributed by atoms with E-state index in [-0.39, 0.29) is 16.0 Å². The molecule has 1 aromatic carbocycles. The molecule has 0 fully saturated rings. The van der Waals surface area contributed by atoms with E-state index in [1.54, 1.807) is 41.5 Å². The lowest BCUT2D eigenvalue weighted by Gasteiger charge is -2.31. The Labute approximate surface area is 144 Å². The molecule has 9 heteroatoms. The highest BCUT2D eigenvalue weighted by atomic mass is 19.1. The third-order valence-corrected chi connectivity index (χ3v) is 3.54. The number of nitrogens with zero attached hydrogens (tertiary/aromatic N) is 2. The van der Waals surface area contributed by atoms with Gasteiger partial charge in [-0.05, 0) is 10.8 Å². The van der Waals surface area contributed by atoms with Crippen LogP contribution in [0.15, 0.2) is 6.07 Å². The van der Waals surface area contributed by atoms with Crippen LogP contribution in [-0.4, -0.2) is 27.3 Å². The fourth-order valence-corrected chi connectivity index (χ4v) is 2.69. The lowest BCUT2D eigenvalue weighted by atomic mass is 9.73. The van der Waals surface area contributed by atoms with Crippen molar-refractivity contribution in [3.05, 3.63) is 33.1 Å². The summed E-state index contributed by atoms with van der Waals surface area (Å²) in [6.07, 6.45) is -3.91. The number of amides is 2. The van der Waals surface area contributed by atoms with Crippen LogP contribution in [0.2, 0.25) is 0 Å². The van der Waals surface area contributed by atoms with Crippen LogP contribution in [0.5, 0.6) is 0 Å². The van der Waals surface area contributed by atoms with Crippen molar-refractivity contribution >= 4 is 23.6 Å². The maximum absolute atomic E-state index is 15.2. The van der Waals surface area contributed by atoms with Crippen LogP contribution in [0, 0.1) is 15.9 Å². The zero-order valence-electron chi connectivity index (χ0n) is 14.9. The Kier molecular flexibility index (Phi) is 5.13. The third-order valence-electron chi connectivity index (χ3n) is 3.54. The number of hydrogen-bond donors (Lipinski definition) is 2. The SMILES string of the molecule is CC(C)(C)c1c([N+](=O)[O-])cc(N(C(=O)O)C(=O)O)c(F)c1C(C)(C)C. The van der Waals surface area contributed by atoms with Crippen LogP contribution in [-0.2, 0) is 10.8 Å². The van der Waals surface area contributed by atoms with E-state index in [1.165, 1.54) is 0 Å². The van der Waals surface area contributed by atoms with Gasteiger partial charge in [0.15, 0.2) is 5.82 Å². The molecule has 0 aliphatic heterocycles. The number of anilines is 1. The number of nitro benzene ring substituents is 1. The quantitative estimate of drug-likeness (QED) is 0.595. The van der Waals surface area contributed by atoms with Crippen LogP contribution in [0.25, 0.3) is 0 Å². The van der Waals surface area contributed by atoms with Gasteiger partial charge in [-0.3, -0.25) is 10.1 Å². The number of nitro groups is 1. The maximum Gasteiger partial charge on any atom is 0.421 e. The molecule has 8 nitrogen and oxygen atoms in total. The molecule has 2 N–H and O–H groups in total. The Morgan fingerprint density at radius 3 is 1.72 bits per heavy atom. The van der Waals surface area contributed by atoms with Crippen molar-refractivity contribution in [2.24, 2.45) is 0 Å². The summed E-state index contributed by atoms with van der Waals surface area (Å²) in [5, 5.41) is 29.7. The van der Waals surface area contributed by atoms with Crippen LogP contribution < -0.4 is 4.90 Å². The largest absolute Gasteiger partial charge is 0.464 e. The summed E-state index contributed by atoms with van der Waals surface area (Å²) in [6.45, 7) is 9.82. The molecule has 0 heterocycles. The fourth-order valence-electron chi connectivity index (χ4n) is 2.69. The smallest absolute Gasteiger partial charge is 0.421 e. The summed E-state index contributed by atoms with van der Waals surface area (Å²) in [5.41, 5.74) is -3.16. The Bertz CT molecular complexity index is 732. The minimum Gasteiger partial charge on any atom is -0.464 e. The van der Waals surface area contributed by atoms with Gasteiger partial charge in [-0.15, -0.1) is 0 Å². The molecule has 0 saturated carbocycles. The van der Waals surface area contributed by atoms with Crippen LogP contribution in [0.4, 0.5) is 25.4 Å². The average Bonchev–Trinajstić information content (AvgIpc) is 2.36. The number of carbonyl (C=O) groups is 2. The van der Waals surface area contributed by atoms with Crippen molar-refractivity contribution < 1.29 is 29.1 Å². The minimum atomic E-state index is -1.95. The molecular formula is C16H21FN2O6. The number of rotatable bonds is 2. The molecule has 0 aromatic heterocycles. The molecule has 25 heavy (non-hydrogen) atoms. The fraction of sp³-hybridized carbons (Fsp3) is 0.500. The van der Waals surface area contributed by atoms with E-state index in [0.717, 1.165) is 0 Å². The lowest BCUT2D eigenvalue weighted by molar-refractivity contribution is -0.386. The average molecular weight is 356 g/mol. The zero-order valence-corrected chi connectivity index (χ0v) is 14.9. The van der Waals surface area contributed by atoms with Gasteiger partial charge in [0.1, 0.15) is 5.69 Å².